The summed E-state index contributed by atoms with van der Waals surface area (Å²) in [6, 6.07) is 14.7. The van der Waals surface area contributed by atoms with Gasteiger partial charge in [0.05, 0.1) is 16.6 Å². The lowest BCUT2D eigenvalue weighted by atomic mass is 10.1. The van der Waals surface area contributed by atoms with Crippen LogP contribution >= 0.6 is 0 Å². The lowest BCUT2D eigenvalue weighted by Crippen LogP contribution is -2.44. The van der Waals surface area contributed by atoms with Crippen LogP contribution in [0.15, 0.2) is 54.7 Å². The van der Waals surface area contributed by atoms with Gasteiger partial charge in [-0.25, -0.2) is 9.97 Å². The highest BCUT2D eigenvalue weighted by atomic mass is 16.5. The highest BCUT2D eigenvalue weighted by Crippen LogP contribution is 2.40. The predicted molar refractivity (Wildman–Crippen MR) is 126 cm³/mol. The molecule has 0 radical (unpaired) electrons. The van der Waals surface area contributed by atoms with Gasteiger partial charge in [-0.2, -0.15) is 9.78 Å². The second-order valence-electron chi connectivity index (χ2n) is 8.36. The fraction of sp³-hybridized carbons (Fsp3) is 0.240. The van der Waals surface area contributed by atoms with Crippen LogP contribution in [0.5, 0.6) is 5.75 Å². The summed E-state index contributed by atoms with van der Waals surface area (Å²) in [7, 11) is 0. The Morgan fingerprint density at radius 3 is 2.68 bits per heavy atom. The standard InChI is InChI=1S/C25H24N6O3/c1-15-6-5-7-18(12-15)34-14-22(32)28-29-25(33)19-13-20(17-9-10-17)27-24-23(19)16(2)30-31(24)21-8-3-4-11-26-21/h3-8,11-13,17H,9-10,14H2,1-2H3,(H,28,32)(H,29,33). The molecule has 172 valence electrons. The number of hydrogen-bond donors (Lipinski definition) is 2. The van der Waals surface area contributed by atoms with E-state index in [1.165, 1.54) is 0 Å². The van der Waals surface area contributed by atoms with Gasteiger partial charge in [-0.15, -0.1) is 0 Å². The summed E-state index contributed by atoms with van der Waals surface area (Å²) in [5.74, 6) is 0.615. The molecule has 1 aliphatic rings. The van der Waals surface area contributed by atoms with E-state index in [9.17, 15) is 9.59 Å². The molecular weight excluding hydrogens is 432 g/mol. The number of aromatic nitrogens is 4. The number of benzene rings is 1. The number of pyridine rings is 2. The number of hydrogen-bond acceptors (Lipinski definition) is 6. The third-order valence-corrected chi connectivity index (χ3v) is 5.61. The van der Waals surface area contributed by atoms with Crippen LogP contribution in [-0.4, -0.2) is 38.2 Å². The number of nitrogens with zero attached hydrogens (tertiary/aromatic N) is 4. The second-order valence-corrected chi connectivity index (χ2v) is 8.36. The number of amides is 2. The van der Waals surface area contributed by atoms with E-state index in [0.717, 1.165) is 24.1 Å². The van der Waals surface area contributed by atoms with Gasteiger partial charge in [-0.1, -0.05) is 18.2 Å². The molecule has 0 saturated heterocycles. The molecule has 4 aromatic rings. The molecule has 1 aliphatic carbocycles. The Morgan fingerprint density at radius 2 is 1.94 bits per heavy atom. The second kappa shape index (κ2) is 8.93. The summed E-state index contributed by atoms with van der Waals surface area (Å²) in [4.78, 5) is 34.6. The maximum Gasteiger partial charge on any atom is 0.276 e. The lowest BCUT2D eigenvalue weighted by Gasteiger charge is -2.11. The molecule has 1 saturated carbocycles. The number of ether oxygens (including phenoxy) is 1. The van der Waals surface area contributed by atoms with Crippen molar-refractivity contribution in [1.82, 2.24) is 30.6 Å². The highest BCUT2D eigenvalue weighted by molar-refractivity contribution is 6.07. The number of rotatable bonds is 6. The van der Waals surface area contributed by atoms with Crippen LogP contribution in [-0.2, 0) is 4.79 Å². The van der Waals surface area contributed by atoms with Gasteiger partial charge >= 0.3 is 0 Å². The summed E-state index contributed by atoms with van der Waals surface area (Å²) in [6.45, 7) is 3.54. The molecule has 34 heavy (non-hydrogen) atoms. The van der Waals surface area contributed by atoms with Crippen molar-refractivity contribution in [3.8, 4) is 11.6 Å². The van der Waals surface area contributed by atoms with Gasteiger partial charge in [0.1, 0.15) is 5.75 Å². The lowest BCUT2D eigenvalue weighted by molar-refractivity contribution is -0.123. The van der Waals surface area contributed by atoms with Crippen LogP contribution in [0.3, 0.4) is 0 Å². The normalized spacial score (nSPS) is 13.0. The van der Waals surface area contributed by atoms with Crippen molar-refractivity contribution in [1.29, 1.82) is 0 Å². The number of hydrazine groups is 1. The zero-order chi connectivity index (χ0) is 23.7. The van der Waals surface area contributed by atoms with E-state index in [1.807, 2.05) is 50.2 Å². The topological polar surface area (TPSA) is 111 Å². The Kier molecular flexibility index (Phi) is 5.67. The van der Waals surface area contributed by atoms with E-state index in [4.69, 9.17) is 9.72 Å². The molecule has 0 bridgehead atoms. The molecule has 2 amide bonds. The molecule has 9 nitrogen and oxygen atoms in total. The first-order valence-corrected chi connectivity index (χ1v) is 11.1. The molecule has 0 unspecified atom stereocenters. The zero-order valence-electron chi connectivity index (χ0n) is 18.9. The van der Waals surface area contributed by atoms with Crippen molar-refractivity contribution < 1.29 is 14.3 Å². The van der Waals surface area contributed by atoms with Crippen LogP contribution in [0.4, 0.5) is 0 Å². The molecule has 5 rings (SSSR count). The van der Waals surface area contributed by atoms with Crippen LogP contribution in [0, 0.1) is 13.8 Å². The van der Waals surface area contributed by atoms with Crippen LogP contribution in [0.1, 0.15) is 46.1 Å². The minimum absolute atomic E-state index is 0.223. The van der Waals surface area contributed by atoms with Gasteiger partial charge in [-0.05, 0) is 62.6 Å². The number of fused-ring (bicyclic) bond motifs is 1. The molecule has 1 fully saturated rings. The van der Waals surface area contributed by atoms with E-state index in [0.29, 0.717) is 39.8 Å². The van der Waals surface area contributed by atoms with Crippen molar-refractivity contribution in [2.45, 2.75) is 32.6 Å². The first-order valence-electron chi connectivity index (χ1n) is 11.1. The van der Waals surface area contributed by atoms with Gasteiger partial charge in [0.25, 0.3) is 11.8 Å². The van der Waals surface area contributed by atoms with Crippen LogP contribution in [0.2, 0.25) is 0 Å². The molecular formula is C25H24N6O3. The summed E-state index contributed by atoms with van der Waals surface area (Å²) < 4.78 is 7.15. The zero-order valence-corrected chi connectivity index (χ0v) is 18.9. The Balaban J connectivity index is 1.37. The first kappa shape index (κ1) is 21.6. The fourth-order valence-electron chi connectivity index (χ4n) is 3.80. The van der Waals surface area contributed by atoms with Crippen LogP contribution in [0.25, 0.3) is 16.9 Å². The Bertz CT molecular complexity index is 1380. The summed E-state index contributed by atoms with van der Waals surface area (Å²) in [6.07, 6.45) is 3.75. The van der Waals surface area contributed by atoms with E-state index in [2.05, 4.69) is 20.9 Å². The smallest absolute Gasteiger partial charge is 0.276 e. The summed E-state index contributed by atoms with van der Waals surface area (Å²) >= 11 is 0. The number of nitrogens with one attached hydrogen (secondary N) is 2. The predicted octanol–water partition coefficient (Wildman–Crippen LogP) is 3.15. The molecule has 0 atom stereocenters. The van der Waals surface area contributed by atoms with Crippen molar-refractivity contribution in [2.75, 3.05) is 6.61 Å². The summed E-state index contributed by atoms with van der Waals surface area (Å²) in [5.41, 5.74) is 8.42. The SMILES string of the molecule is Cc1cccc(OCC(=O)NNC(=O)c2cc(C3CC3)nc3c2c(C)nn3-c2ccccn2)c1. The minimum Gasteiger partial charge on any atom is -0.484 e. The van der Waals surface area contributed by atoms with Gasteiger partial charge in [-0.3, -0.25) is 20.4 Å². The van der Waals surface area contributed by atoms with Gasteiger partial charge in [0.15, 0.2) is 18.1 Å². The van der Waals surface area contributed by atoms with E-state index < -0.39 is 11.8 Å². The molecule has 0 spiro atoms. The Labute approximate surface area is 196 Å². The average Bonchev–Trinajstić information content (AvgIpc) is 3.65. The third kappa shape index (κ3) is 4.45. The van der Waals surface area contributed by atoms with Crippen LogP contribution < -0.4 is 15.6 Å². The maximum atomic E-state index is 13.1. The number of aryl methyl sites for hydroxylation is 2. The Hall–Kier alpha value is -4.27. The summed E-state index contributed by atoms with van der Waals surface area (Å²) in [5, 5.41) is 5.22. The van der Waals surface area contributed by atoms with E-state index in [1.54, 1.807) is 23.0 Å². The molecule has 3 heterocycles. The van der Waals surface area contributed by atoms with Crippen molar-refractivity contribution >= 4 is 22.8 Å². The average molecular weight is 457 g/mol. The van der Waals surface area contributed by atoms with Gasteiger partial charge in [0, 0.05) is 17.8 Å². The van der Waals surface area contributed by atoms with E-state index in [-0.39, 0.29) is 6.61 Å². The quantitative estimate of drug-likeness (QED) is 0.431. The fourth-order valence-corrected chi connectivity index (χ4v) is 3.80. The van der Waals surface area contributed by atoms with Crippen molar-refractivity contribution in [3.63, 3.8) is 0 Å². The molecule has 2 N–H and O–H groups in total. The highest BCUT2D eigenvalue weighted by Gasteiger charge is 2.29. The molecule has 9 heteroatoms. The number of carbonyl (C=O) groups excluding carboxylic acids is 2. The van der Waals surface area contributed by atoms with Gasteiger partial charge in [0.2, 0.25) is 0 Å². The Morgan fingerprint density at radius 1 is 1.09 bits per heavy atom. The molecule has 0 aliphatic heterocycles. The minimum atomic E-state index is -0.469. The number of carbonyl (C=O) groups is 2. The third-order valence-electron chi connectivity index (χ3n) is 5.61. The largest absolute Gasteiger partial charge is 0.484 e. The van der Waals surface area contributed by atoms with E-state index >= 15 is 0 Å². The monoisotopic (exact) mass is 456 g/mol. The van der Waals surface area contributed by atoms with Crippen molar-refractivity contribution in [2.24, 2.45) is 0 Å². The first-order chi connectivity index (χ1) is 16.5. The maximum absolute atomic E-state index is 13.1. The van der Waals surface area contributed by atoms with Crippen molar-refractivity contribution in [3.05, 3.63) is 77.2 Å². The molecule has 1 aromatic carbocycles. The van der Waals surface area contributed by atoms with Gasteiger partial charge < -0.3 is 4.74 Å². The molecule has 3 aromatic heterocycles.